The quantitative estimate of drug-likeness (QED) is 0.270. The number of fused-ring (bicyclic) bond motifs is 2. The van der Waals surface area contributed by atoms with E-state index in [4.69, 9.17) is 4.98 Å². The van der Waals surface area contributed by atoms with Gasteiger partial charge in [0, 0.05) is 23.0 Å². The molecule has 186 valence electrons. The Morgan fingerprint density at radius 3 is 1.95 bits per heavy atom. The summed E-state index contributed by atoms with van der Waals surface area (Å²) in [5, 5.41) is 12.9. The monoisotopic (exact) mass is 503 g/mol. The summed E-state index contributed by atoms with van der Waals surface area (Å²) in [5.74, 6) is 1.65. The number of rotatable bonds is 4. The van der Waals surface area contributed by atoms with Gasteiger partial charge in [0.15, 0.2) is 11.6 Å². The molecule has 4 heteroatoms. The summed E-state index contributed by atoms with van der Waals surface area (Å²) in [5.41, 5.74) is 6.07. The lowest BCUT2D eigenvalue weighted by Crippen LogP contribution is -2.11. The summed E-state index contributed by atoms with van der Waals surface area (Å²) in [7, 11) is 0. The SMILES string of the molecule is Oc1nc(-c2cccc(C3=CC4C=CC=CC4C=C3)c2)nc(-c2cccc(-c3ccc4ccccc4c3)c2)n1. The topological polar surface area (TPSA) is 58.9 Å². The summed E-state index contributed by atoms with van der Waals surface area (Å²) in [4.78, 5) is 13.3. The minimum Gasteiger partial charge on any atom is -0.479 e. The van der Waals surface area contributed by atoms with Crippen LogP contribution in [-0.4, -0.2) is 20.1 Å². The number of aromatic nitrogens is 3. The van der Waals surface area contributed by atoms with Crippen molar-refractivity contribution in [2.75, 3.05) is 0 Å². The Balaban J connectivity index is 1.23. The van der Waals surface area contributed by atoms with Gasteiger partial charge in [-0.25, -0.2) is 4.98 Å². The maximum Gasteiger partial charge on any atom is 0.318 e. The zero-order chi connectivity index (χ0) is 26.2. The molecule has 0 saturated heterocycles. The van der Waals surface area contributed by atoms with Crippen molar-refractivity contribution in [3.05, 3.63) is 139 Å². The molecule has 39 heavy (non-hydrogen) atoms. The van der Waals surface area contributed by atoms with Gasteiger partial charge < -0.3 is 5.11 Å². The van der Waals surface area contributed by atoms with Crippen LogP contribution in [0, 0.1) is 11.8 Å². The lowest BCUT2D eigenvalue weighted by atomic mass is 9.81. The molecule has 0 fully saturated rings. The van der Waals surface area contributed by atoms with Crippen molar-refractivity contribution in [1.82, 2.24) is 15.0 Å². The first kappa shape index (κ1) is 23.1. The van der Waals surface area contributed by atoms with E-state index in [1.807, 2.05) is 30.3 Å². The molecule has 2 unspecified atom stereocenters. The summed E-state index contributed by atoms with van der Waals surface area (Å²) in [6, 6.07) is 30.7. The molecule has 0 amide bonds. The zero-order valence-electron chi connectivity index (χ0n) is 21.1. The van der Waals surface area contributed by atoms with Gasteiger partial charge >= 0.3 is 6.01 Å². The van der Waals surface area contributed by atoms with Gasteiger partial charge in [0.2, 0.25) is 0 Å². The number of benzene rings is 4. The normalized spacial score (nSPS) is 17.7. The Morgan fingerprint density at radius 2 is 1.15 bits per heavy atom. The molecule has 0 radical (unpaired) electrons. The fourth-order valence-corrected chi connectivity index (χ4v) is 5.34. The van der Waals surface area contributed by atoms with Crippen LogP contribution in [-0.2, 0) is 0 Å². The third-order valence-corrected chi connectivity index (χ3v) is 7.37. The third-order valence-electron chi connectivity index (χ3n) is 7.37. The molecule has 2 aliphatic rings. The Hall–Kier alpha value is -5.09. The summed E-state index contributed by atoms with van der Waals surface area (Å²) in [6.45, 7) is 0. The first-order valence-electron chi connectivity index (χ1n) is 13.1. The van der Waals surface area contributed by atoms with Crippen molar-refractivity contribution < 1.29 is 5.11 Å². The van der Waals surface area contributed by atoms with Crippen LogP contribution in [0.4, 0.5) is 0 Å². The Morgan fingerprint density at radius 1 is 0.513 bits per heavy atom. The maximum atomic E-state index is 10.5. The smallest absolute Gasteiger partial charge is 0.318 e. The molecule has 4 aromatic carbocycles. The molecular weight excluding hydrogens is 478 g/mol. The van der Waals surface area contributed by atoms with Gasteiger partial charge in [0.05, 0.1) is 0 Å². The van der Waals surface area contributed by atoms with Crippen LogP contribution in [0.3, 0.4) is 0 Å². The molecule has 0 saturated carbocycles. The number of hydrogen-bond donors (Lipinski definition) is 1. The largest absolute Gasteiger partial charge is 0.479 e. The minimum atomic E-state index is -0.296. The van der Waals surface area contributed by atoms with Gasteiger partial charge in [-0.05, 0) is 51.2 Å². The van der Waals surface area contributed by atoms with E-state index in [9.17, 15) is 5.11 Å². The van der Waals surface area contributed by atoms with Crippen molar-refractivity contribution in [3.8, 4) is 39.9 Å². The van der Waals surface area contributed by atoms with Gasteiger partial charge in [0.25, 0.3) is 0 Å². The molecule has 4 nitrogen and oxygen atoms in total. The first-order chi connectivity index (χ1) is 19.2. The first-order valence-corrected chi connectivity index (χ1v) is 13.1. The molecule has 1 heterocycles. The molecular formula is C35H25N3O. The van der Waals surface area contributed by atoms with E-state index >= 15 is 0 Å². The molecule has 1 N–H and O–H groups in total. The molecule has 5 aromatic rings. The van der Waals surface area contributed by atoms with E-state index in [0.29, 0.717) is 23.5 Å². The second kappa shape index (κ2) is 9.66. The number of allylic oxidation sites excluding steroid dienone is 8. The standard InChI is InChI=1S/C35H25N3O/c39-35-37-33(31-13-5-11-27(21-31)29-17-15-23-7-1-3-9-25(23)19-29)36-34(38-35)32-14-6-12-28(22-32)30-18-16-24-8-2-4-10-26(24)20-30/h1-23,25H,(H,36,37,38,39). The highest BCUT2D eigenvalue weighted by Gasteiger charge is 2.19. The van der Waals surface area contributed by atoms with E-state index in [-0.39, 0.29) is 6.01 Å². The predicted molar refractivity (Wildman–Crippen MR) is 158 cm³/mol. The van der Waals surface area contributed by atoms with Crippen LogP contribution in [0.5, 0.6) is 6.01 Å². The highest BCUT2D eigenvalue weighted by atomic mass is 16.3. The third kappa shape index (κ3) is 4.57. The fraction of sp³-hybridized carbons (Fsp3) is 0.0571. The average Bonchev–Trinajstić information content (AvgIpc) is 3.00. The number of nitrogens with zero attached hydrogens (tertiary/aromatic N) is 3. The Bertz CT molecular complexity index is 1850. The number of hydrogen-bond acceptors (Lipinski definition) is 4. The van der Waals surface area contributed by atoms with Gasteiger partial charge in [-0.1, -0.05) is 115 Å². The van der Waals surface area contributed by atoms with Crippen LogP contribution in [0.25, 0.3) is 50.2 Å². The number of aromatic hydroxyl groups is 1. The van der Waals surface area contributed by atoms with Crippen LogP contribution < -0.4 is 0 Å². The van der Waals surface area contributed by atoms with Crippen LogP contribution in [0.1, 0.15) is 5.56 Å². The lowest BCUT2D eigenvalue weighted by Gasteiger charge is -2.23. The van der Waals surface area contributed by atoms with E-state index < -0.39 is 0 Å². The molecule has 0 bridgehead atoms. The average molecular weight is 504 g/mol. The van der Waals surface area contributed by atoms with Crippen LogP contribution in [0.2, 0.25) is 0 Å². The molecule has 2 aliphatic carbocycles. The Kier molecular flexibility index (Phi) is 5.71. The molecule has 1 aromatic heterocycles. The fourth-order valence-electron chi connectivity index (χ4n) is 5.34. The molecule has 0 aliphatic heterocycles. The summed E-state index contributed by atoms with van der Waals surface area (Å²) >= 11 is 0. The highest BCUT2D eigenvalue weighted by molar-refractivity contribution is 5.88. The van der Waals surface area contributed by atoms with Crippen LogP contribution >= 0.6 is 0 Å². The molecule has 2 atom stereocenters. The second-order valence-corrected chi connectivity index (χ2v) is 9.91. The van der Waals surface area contributed by atoms with E-state index in [1.54, 1.807) is 0 Å². The van der Waals surface area contributed by atoms with E-state index in [0.717, 1.165) is 27.8 Å². The Labute approximate surface area is 227 Å². The van der Waals surface area contributed by atoms with Gasteiger partial charge in [0.1, 0.15) is 0 Å². The predicted octanol–water partition coefficient (Wildman–Crippen LogP) is 8.04. The highest BCUT2D eigenvalue weighted by Crippen LogP contribution is 2.34. The summed E-state index contributed by atoms with van der Waals surface area (Å²) in [6.07, 6.45) is 15.4. The van der Waals surface area contributed by atoms with Gasteiger partial charge in [-0.15, -0.1) is 0 Å². The molecule has 7 rings (SSSR count). The summed E-state index contributed by atoms with van der Waals surface area (Å²) < 4.78 is 0. The second-order valence-electron chi connectivity index (χ2n) is 9.91. The van der Waals surface area contributed by atoms with Crippen molar-refractivity contribution in [2.45, 2.75) is 0 Å². The van der Waals surface area contributed by atoms with Crippen LogP contribution in [0.15, 0.2) is 134 Å². The van der Waals surface area contributed by atoms with Crippen molar-refractivity contribution >= 4 is 16.3 Å². The van der Waals surface area contributed by atoms with Crippen molar-refractivity contribution in [2.24, 2.45) is 11.8 Å². The molecule has 0 spiro atoms. The van der Waals surface area contributed by atoms with E-state index in [1.165, 1.54) is 16.3 Å². The van der Waals surface area contributed by atoms with Crippen molar-refractivity contribution in [3.63, 3.8) is 0 Å². The van der Waals surface area contributed by atoms with Gasteiger partial charge in [-0.2, -0.15) is 9.97 Å². The van der Waals surface area contributed by atoms with Gasteiger partial charge in [-0.3, -0.25) is 0 Å². The lowest BCUT2D eigenvalue weighted by molar-refractivity contribution is 0.430. The van der Waals surface area contributed by atoms with E-state index in [2.05, 4.69) is 113 Å². The minimum absolute atomic E-state index is 0.296. The zero-order valence-corrected chi connectivity index (χ0v) is 21.1. The maximum absolute atomic E-state index is 10.5. The van der Waals surface area contributed by atoms with Crippen molar-refractivity contribution in [1.29, 1.82) is 0 Å².